The van der Waals surface area contributed by atoms with Gasteiger partial charge in [0.15, 0.2) is 0 Å². The molecule has 88 valence electrons. The largest absolute Gasteiger partial charge is 0.397 e. The third-order valence-corrected chi connectivity index (χ3v) is 3.80. The van der Waals surface area contributed by atoms with Crippen LogP contribution < -0.4 is 11.1 Å². The monoisotopic (exact) mass is 218 g/mol. The standard InChI is InChI=1S/C9H14N2.C5H8/c1-3-7-4-5-8(10)9(6-7)11-2;1-4-2-5(1)3-4/h4-6,11H,3,10H2,1-2H3;4-5H,1-3H2. The third kappa shape index (κ3) is 2.31. The molecule has 3 aliphatic carbocycles. The van der Waals surface area contributed by atoms with Crippen molar-refractivity contribution < 1.29 is 0 Å². The molecule has 3 fully saturated rings. The second-order valence-electron chi connectivity index (χ2n) is 4.96. The Morgan fingerprint density at radius 3 is 2.19 bits per heavy atom. The molecule has 3 aliphatic rings. The van der Waals surface area contributed by atoms with Crippen molar-refractivity contribution in [3.05, 3.63) is 23.8 Å². The number of nitrogen functional groups attached to an aromatic ring is 1. The molecule has 0 radical (unpaired) electrons. The Balaban J connectivity index is 0.000000156. The summed E-state index contributed by atoms with van der Waals surface area (Å²) in [6.07, 6.45) is 5.80. The van der Waals surface area contributed by atoms with Gasteiger partial charge in [0.05, 0.1) is 11.4 Å². The van der Waals surface area contributed by atoms with Crippen molar-refractivity contribution in [3.63, 3.8) is 0 Å². The van der Waals surface area contributed by atoms with E-state index in [2.05, 4.69) is 24.4 Å². The van der Waals surface area contributed by atoms with Crippen molar-refractivity contribution in [3.8, 4) is 0 Å². The number of nitrogens with one attached hydrogen (secondary N) is 1. The second-order valence-corrected chi connectivity index (χ2v) is 4.96. The van der Waals surface area contributed by atoms with Crippen molar-refractivity contribution >= 4 is 11.4 Å². The van der Waals surface area contributed by atoms with Crippen LogP contribution in [0.3, 0.4) is 0 Å². The Labute approximate surface area is 98.2 Å². The Morgan fingerprint density at radius 2 is 1.81 bits per heavy atom. The van der Waals surface area contributed by atoms with E-state index in [1.54, 1.807) is 19.3 Å². The van der Waals surface area contributed by atoms with Crippen LogP contribution in [0.1, 0.15) is 31.7 Å². The van der Waals surface area contributed by atoms with Crippen molar-refractivity contribution in [2.75, 3.05) is 18.1 Å². The van der Waals surface area contributed by atoms with Gasteiger partial charge in [-0.15, -0.1) is 0 Å². The van der Waals surface area contributed by atoms with Gasteiger partial charge >= 0.3 is 0 Å². The molecule has 4 rings (SSSR count). The van der Waals surface area contributed by atoms with E-state index in [9.17, 15) is 0 Å². The first kappa shape index (κ1) is 11.3. The van der Waals surface area contributed by atoms with Gasteiger partial charge in [0.25, 0.3) is 0 Å². The quantitative estimate of drug-likeness (QED) is 0.747. The number of benzene rings is 1. The molecule has 0 saturated heterocycles. The Kier molecular flexibility index (Phi) is 3.37. The molecule has 0 heterocycles. The fourth-order valence-corrected chi connectivity index (χ4v) is 2.25. The number of hydrogen-bond acceptors (Lipinski definition) is 2. The number of aryl methyl sites for hydroxylation is 1. The molecule has 0 spiro atoms. The summed E-state index contributed by atoms with van der Waals surface area (Å²) in [4.78, 5) is 0. The van der Waals surface area contributed by atoms with Crippen molar-refractivity contribution in [1.82, 2.24) is 0 Å². The van der Waals surface area contributed by atoms with E-state index in [1.165, 1.54) is 17.4 Å². The van der Waals surface area contributed by atoms with Crippen LogP contribution in [0.4, 0.5) is 11.4 Å². The highest BCUT2D eigenvalue weighted by molar-refractivity contribution is 5.66. The van der Waals surface area contributed by atoms with E-state index in [0.29, 0.717) is 0 Å². The van der Waals surface area contributed by atoms with Crippen molar-refractivity contribution in [1.29, 1.82) is 0 Å². The number of rotatable bonds is 2. The number of nitrogens with two attached hydrogens (primary N) is 1. The molecule has 2 nitrogen and oxygen atoms in total. The van der Waals surface area contributed by atoms with Gasteiger partial charge in [0, 0.05) is 7.05 Å². The van der Waals surface area contributed by atoms with Gasteiger partial charge < -0.3 is 11.1 Å². The lowest BCUT2D eigenvalue weighted by molar-refractivity contribution is 0.0198. The Bertz CT molecular complexity index is 339. The zero-order valence-electron chi connectivity index (χ0n) is 10.3. The van der Waals surface area contributed by atoms with Gasteiger partial charge in [-0.25, -0.2) is 0 Å². The van der Waals surface area contributed by atoms with E-state index in [1.807, 2.05) is 13.1 Å². The summed E-state index contributed by atoms with van der Waals surface area (Å²) < 4.78 is 0. The molecule has 0 atom stereocenters. The number of anilines is 2. The predicted molar refractivity (Wildman–Crippen MR) is 70.6 cm³/mol. The Hall–Kier alpha value is -1.18. The van der Waals surface area contributed by atoms with Crippen LogP contribution in [0.5, 0.6) is 0 Å². The minimum absolute atomic E-state index is 0.810. The third-order valence-electron chi connectivity index (χ3n) is 3.80. The average molecular weight is 218 g/mol. The highest BCUT2D eigenvalue weighted by Gasteiger charge is 2.41. The highest BCUT2D eigenvalue weighted by atomic mass is 14.8. The first-order chi connectivity index (χ1) is 7.72. The fraction of sp³-hybridized carbons (Fsp3) is 0.571. The van der Waals surface area contributed by atoms with Crippen molar-refractivity contribution in [2.24, 2.45) is 11.8 Å². The molecule has 3 saturated carbocycles. The maximum absolute atomic E-state index is 5.69. The topological polar surface area (TPSA) is 38.0 Å². The molecule has 3 N–H and O–H groups in total. The predicted octanol–water partition coefficient (Wildman–Crippen LogP) is 3.29. The van der Waals surface area contributed by atoms with Gasteiger partial charge in [-0.3, -0.25) is 0 Å². The van der Waals surface area contributed by atoms with Crippen LogP contribution in [-0.4, -0.2) is 7.05 Å². The molecule has 0 unspecified atom stereocenters. The average Bonchev–Trinajstić information content (AvgIpc) is 2.14. The molecule has 0 amide bonds. The van der Waals surface area contributed by atoms with E-state index >= 15 is 0 Å². The van der Waals surface area contributed by atoms with Gasteiger partial charge in [-0.1, -0.05) is 13.0 Å². The van der Waals surface area contributed by atoms with E-state index in [4.69, 9.17) is 5.73 Å². The van der Waals surface area contributed by atoms with Gasteiger partial charge in [0.2, 0.25) is 0 Å². The lowest BCUT2D eigenvalue weighted by Gasteiger charge is -2.49. The molecule has 0 aromatic heterocycles. The summed E-state index contributed by atoms with van der Waals surface area (Å²) in [6, 6.07) is 6.07. The van der Waals surface area contributed by atoms with Gasteiger partial charge in [-0.05, 0) is 55.2 Å². The Morgan fingerprint density at radius 1 is 1.25 bits per heavy atom. The lowest BCUT2D eigenvalue weighted by Crippen LogP contribution is -2.38. The van der Waals surface area contributed by atoms with E-state index < -0.39 is 0 Å². The summed E-state index contributed by atoms with van der Waals surface area (Å²) in [5.41, 5.74) is 8.83. The van der Waals surface area contributed by atoms with Crippen molar-refractivity contribution in [2.45, 2.75) is 32.6 Å². The van der Waals surface area contributed by atoms with Crippen LogP contribution in [0.2, 0.25) is 0 Å². The van der Waals surface area contributed by atoms with Crippen LogP contribution in [-0.2, 0) is 6.42 Å². The summed E-state index contributed by atoms with van der Waals surface area (Å²) in [6.45, 7) is 2.13. The van der Waals surface area contributed by atoms with E-state index in [0.717, 1.165) is 17.8 Å². The second kappa shape index (κ2) is 4.77. The van der Waals surface area contributed by atoms with Gasteiger partial charge in [-0.2, -0.15) is 0 Å². The van der Waals surface area contributed by atoms with Crippen LogP contribution in [0.25, 0.3) is 0 Å². The van der Waals surface area contributed by atoms with Crippen LogP contribution >= 0.6 is 0 Å². The molecule has 1 aromatic carbocycles. The molecule has 0 aliphatic heterocycles. The van der Waals surface area contributed by atoms with Crippen LogP contribution in [0, 0.1) is 11.8 Å². The summed E-state index contributed by atoms with van der Waals surface area (Å²) >= 11 is 0. The zero-order valence-corrected chi connectivity index (χ0v) is 10.3. The lowest BCUT2D eigenvalue weighted by atomic mass is 9.56. The van der Waals surface area contributed by atoms with Gasteiger partial charge in [0.1, 0.15) is 0 Å². The van der Waals surface area contributed by atoms with E-state index in [-0.39, 0.29) is 0 Å². The first-order valence-electron chi connectivity index (χ1n) is 6.29. The minimum Gasteiger partial charge on any atom is -0.397 e. The number of hydrogen-bond donors (Lipinski definition) is 2. The molecule has 2 heteroatoms. The molecular formula is C14H22N2. The van der Waals surface area contributed by atoms with Crippen LogP contribution in [0.15, 0.2) is 18.2 Å². The summed E-state index contributed by atoms with van der Waals surface area (Å²) in [7, 11) is 1.88. The zero-order chi connectivity index (χ0) is 11.5. The maximum Gasteiger partial charge on any atom is 0.0574 e. The minimum atomic E-state index is 0.810. The summed E-state index contributed by atoms with van der Waals surface area (Å²) in [5.74, 6) is 2.42. The molecule has 2 bridgehead atoms. The fourth-order valence-electron chi connectivity index (χ4n) is 2.25. The molecule has 1 aromatic rings. The highest BCUT2D eigenvalue weighted by Crippen LogP contribution is 2.52. The molecule has 16 heavy (non-hydrogen) atoms. The molecular weight excluding hydrogens is 196 g/mol. The normalized spacial score (nSPS) is 24.6. The first-order valence-corrected chi connectivity index (χ1v) is 6.29. The smallest absolute Gasteiger partial charge is 0.0574 e. The maximum atomic E-state index is 5.69. The SMILES string of the molecule is C1C2CC1C2.CCc1ccc(N)c(NC)c1. The summed E-state index contributed by atoms with van der Waals surface area (Å²) in [5, 5.41) is 3.04.